The van der Waals surface area contributed by atoms with Crippen LogP contribution >= 0.6 is 0 Å². The van der Waals surface area contributed by atoms with Gasteiger partial charge in [0.2, 0.25) is 11.8 Å². The van der Waals surface area contributed by atoms with E-state index in [-0.39, 0.29) is 34.3 Å². The summed E-state index contributed by atoms with van der Waals surface area (Å²) < 4.78 is 0. The number of para-hydroxylation sites is 2. The van der Waals surface area contributed by atoms with Gasteiger partial charge in [-0.05, 0) is 17.9 Å². The molecule has 1 aromatic rings. The Morgan fingerprint density at radius 3 is 2.25 bits per heavy atom. The van der Waals surface area contributed by atoms with E-state index in [9.17, 15) is 19.7 Å². The van der Waals surface area contributed by atoms with Crippen LogP contribution in [0, 0.1) is 22.0 Å². The molecular formula is C20H30N4O4. The summed E-state index contributed by atoms with van der Waals surface area (Å²) in [5, 5.41) is 14.1. The van der Waals surface area contributed by atoms with Gasteiger partial charge < -0.3 is 15.1 Å². The molecule has 28 heavy (non-hydrogen) atoms. The van der Waals surface area contributed by atoms with Crippen molar-refractivity contribution in [3.63, 3.8) is 0 Å². The molecule has 8 heteroatoms. The lowest BCUT2D eigenvalue weighted by Gasteiger charge is -2.38. The van der Waals surface area contributed by atoms with Crippen LogP contribution < -0.4 is 10.2 Å². The molecule has 0 spiro atoms. The maximum absolute atomic E-state index is 13.0. The Kier molecular flexibility index (Phi) is 7.37. The first-order chi connectivity index (χ1) is 13.2. The molecule has 0 bridgehead atoms. The second-order valence-electron chi connectivity index (χ2n) is 7.95. The molecule has 1 aliphatic rings. The standard InChI is InChI=1S/C20H30N4O4/c1-14(2)13-18(25)21-19(15(3)4)20(26)23-11-9-22(10-12-23)16-7-5-6-8-17(16)24(27)28/h5-8,14-15,19H,9-13H2,1-4H3,(H,21,25). The number of amides is 2. The predicted molar refractivity (Wildman–Crippen MR) is 108 cm³/mol. The largest absolute Gasteiger partial charge is 0.362 e. The van der Waals surface area contributed by atoms with E-state index in [1.807, 2.05) is 32.6 Å². The van der Waals surface area contributed by atoms with Gasteiger partial charge in [-0.3, -0.25) is 19.7 Å². The van der Waals surface area contributed by atoms with Crippen LogP contribution in [0.15, 0.2) is 24.3 Å². The number of carbonyl (C=O) groups excluding carboxylic acids is 2. The molecular weight excluding hydrogens is 360 g/mol. The van der Waals surface area contributed by atoms with E-state index in [1.165, 1.54) is 6.07 Å². The molecule has 154 valence electrons. The minimum atomic E-state index is -0.552. The summed E-state index contributed by atoms with van der Waals surface area (Å²) in [5.41, 5.74) is 0.647. The third-order valence-electron chi connectivity index (χ3n) is 4.85. The van der Waals surface area contributed by atoms with Crippen LogP contribution in [0.4, 0.5) is 11.4 Å². The van der Waals surface area contributed by atoms with Crippen molar-refractivity contribution in [2.24, 2.45) is 11.8 Å². The number of hydrogen-bond donors (Lipinski definition) is 1. The first-order valence-electron chi connectivity index (χ1n) is 9.77. The third kappa shape index (κ3) is 5.43. The lowest BCUT2D eigenvalue weighted by atomic mass is 10.0. The molecule has 1 N–H and O–H groups in total. The van der Waals surface area contributed by atoms with Crippen LogP contribution in [-0.4, -0.2) is 53.9 Å². The highest BCUT2D eigenvalue weighted by Crippen LogP contribution is 2.28. The third-order valence-corrected chi connectivity index (χ3v) is 4.85. The average molecular weight is 390 g/mol. The quantitative estimate of drug-likeness (QED) is 0.570. The number of hydrogen-bond acceptors (Lipinski definition) is 5. The average Bonchev–Trinajstić information content (AvgIpc) is 2.65. The van der Waals surface area contributed by atoms with Crippen molar-refractivity contribution in [1.82, 2.24) is 10.2 Å². The fraction of sp³-hybridized carbons (Fsp3) is 0.600. The second-order valence-corrected chi connectivity index (χ2v) is 7.95. The zero-order valence-electron chi connectivity index (χ0n) is 17.1. The molecule has 1 fully saturated rings. The van der Waals surface area contributed by atoms with Crippen molar-refractivity contribution < 1.29 is 14.5 Å². The fourth-order valence-electron chi connectivity index (χ4n) is 3.37. The number of piperazine rings is 1. The highest BCUT2D eigenvalue weighted by molar-refractivity contribution is 5.88. The molecule has 1 heterocycles. The van der Waals surface area contributed by atoms with E-state index >= 15 is 0 Å². The van der Waals surface area contributed by atoms with Crippen molar-refractivity contribution >= 4 is 23.2 Å². The molecule has 1 aliphatic heterocycles. The van der Waals surface area contributed by atoms with E-state index in [4.69, 9.17) is 0 Å². The highest BCUT2D eigenvalue weighted by Gasteiger charge is 2.31. The van der Waals surface area contributed by atoms with Crippen LogP contribution in [0.3, 0.4) is 0 Å². The Morgan fingerprint density at radius 1 is 1.11 bits per heavy atom. The molecule has 0 radical (unpaired) electrons. The molecule has 1 saturated heterocycles. The van der Waals surface area contributed by atoms with Gasteiger partial charge in [0.25, 0.3) is 5.69 Å². The maximum atomic E-state index is 13.0. The van der Waals surface area contributed by atoms with Crippen LogP contribution in [0.2, 0.25) is 0 Å². The van der Waals surface area contributed by atoms with E-state index in [0.717, 1.165) is 0 Å². The number of carbonyl (C=O) groups is 2. The molecule has 1 aromatic carbocycles. The second kappa shape index (κ2) is 9.52. The van der Waals surface area contributed by atoms with Gasteiger partial charge in [0.05, 0.1) is 4.92 Å². The van der Waals surface area contributed by atoms with E-state index < -0.39 is 6.04 Å². The van der Waals surface area contributed by atoms with Gasteiger partial charge in [0.1, 0.15) is 11.7 Å². The monoisotopic (exact) mass is 390 g/mol. The summed E-state index contributed by atoms with van der Waals surface area (Å²) in [5.74, 6) is 0.0138. The number of rotatable bonds is 7. The van der Waals surface area contributed by atoms with Gasteiger partial charge in [-0.2, -0.15) is 0 Å². The summed E-state index contributed by atoms with van der Waals surface area (Å²) in [6.07, 6.45) is 0.391. The summed E-state index contributed by atoms with van der Waals surface area (Å²) in [4.78, 5) is 39.7. The number of nitro groups is 1. The van der Waals surface area contributed by atoms with E-state index in [2.05, 4.69) is 5.32 Å². The van der Waals surface area contributed by atoms with E-state index in [0.29, 0.717) is 38.3 Å². The Labute approximate surface area is 166 Å². The molecule has 2 amide bonds. The van der Waals surface area contributed by atoms with Crippen LogP contribution in [0.5, 0.6) is 0 Å². The first kappa shape index (κ1) is 21.7. The Morgan fingerprint density at radius 2 is 1.71 bits per heavy atom. The van der Waals surface area contributed by atoms with Crippen molar-refractivity contribution in [2.75, 3.05) is 31.1 Å². The summed E-state index contributed by atoms with van der Waals surface area (Å²) >= 11 is 0. The highest BCUT2D eigenvalue weighted by atomic mass is 16.6. The first-order valence-corrected chi connectivity index (χ1v) is 9.77. The molecule has 8 nitrogen and oxygen atoms in total. The molecule has 0 saturated carbocycles. The Balaban J connectivity index is 2.02. The zero-order valence-corrected chi connectivity index (χ0v) is 17.1. The lowest BCUT2D eigenvalue weighted by Crippen LogP contribution is -2.56. The molecule has 0 aromatic heterocycles. The van der Waals surface area contributed by atoms with Crippen molar-refractivity contribution in [1.29, 1.82) is 0 Å². The van der Waals surface area contributed by atoms with Crippen LogP contribution in [0.25, 0.3) is 0 Å². The maximum Gasteiger partial charge on any atom is 0.292 e. The number of benzene rings is 1. The van der Waals surface area contributed by atoms with Gasteiger partial charge in [0.15, 0.2) is 0 Å². The SMILES string of the molecule is CC(C)CC(=O)NC(C(=O)N1CCN(c2ccccc2[N+](=O)[O-])CC1)C(C)C. The van der Waals surface area contributed by atoms with Gasteiger partial charge in [-0.1, -0.05) is 39.8 Å². The van der Waals surface area contributed by atoms with E-state index in [1.54, 1.807) is 23.1 Å². The minimum absolute atomic E-state index is 0.0168. The van der Waals surface area contributed by atoms with Gasteiger partial charge in [-0.15, -0.1) is 0 Å². The normalized spacial score (nSPS) is 15.6. The zero-order chi connectivity index (χ0) is 20.8. The number of nitro benzene ring substituents is 1. The summed E-state index contributed by atoms with van der Waals surface area (Å²) in [6.45, 7) is 9.73. The lowest BCUT2D eigenvalue weighted by molar-refractivity contribution is -0.384. The number of anilines is 1. The van der Waals surface area contributed by atoms with Gasteiger partial charge >= 0.3 is 0 Å². The molecule has 1 unspecified atom stereocenters. The fourth-order valence-corrected chi connectivity index (χ4v) is 3.37. The van der Waals surface area contributed by atoms with Crippen LogP contribution in [-0.2, 0) is 9.59 Å². The number of nitrogens with one attached hydrogen (secondary N) is 1. The Bertz CT molecular complexity index is 712. The number of nitrogens with zero attached hydrogens (tertiary/aromatic N) is 3. The van der Waals surface area contributed by atoms with Crippen LogP contribution in [0.1, 0.15) is 34.1 Å². The van der Waals surface area contributed by atoms with Crippen molar-refractivity contribution in [3.8, 4) is 0 Å². The Hall–Kier alpha value is -2.64. The molecule has 1 atom stereocenters. The van der Waals surface area contributed by atoms with Gasteiger partial charge in [-0.25, -0.2) is 0 Å². The summed E-state index contributed by atoms with van der Waals surface area (Å²) in [6, 6.07) is 6.10. The smallest absolute Gasteiger partial charge is 0.292 e. The molecule has 2 rings (SSSR count). The topological polar surface area (TPSA) is 95.8 Å². The van der Waals surface area contributed by atoms with Gasteiger partial charge in [0, 0.05) is 38.7 Å². The summed E-state index contributed by atoms with van der Waals surface area (Å²) in [7, 11) is 0. The van der Waals surface area contributed by atoms with Crippen molar-refractivity contribution in [3.05, 3.63) is 34.4 Å². The minimum Gasteiger partial charge on any atom is -0.362 e. The molecule has 0 aliphatic carbocycles. The van der Waals surface area contributed by atoms with Crippen molar-refractivity contribution in [2.45, 2.75) is 40.2 Å². The predicted octanol–water partition coefficient (Wildman–Crippen LogP) is 2.43.